The van der Waals surface area contributed by atoms with Crippen LogP contribution in [0.3, 0.4) is 0 Å². The molecular weight excluding hydrogens is 448 g/mol. The van der Waals surface area contributed by atoms with E-state index >= 15 is 0 Å². The number of sulfonamides is 1. The fraction of sp³-hybridized carbons (Fsp3) is 0.136. The first-order valence-corrected chi connectivity index (χ1v) is 10.8. The monoisotopic (exact) mass is 466 g/mol. The second kappa shape index (κ2) is 9.49. The first-order valence-electron chi connectivity index (χ1n) is 9.34. The van der Waals surface area contributed by atoms with Gasteiger partial charge in [0.1, 0.15) is 11.9 Å². The molecule has 0 aromatic heterocycles. The van der Waals surface area contributed by atoms with E-state index in [4.69, 9.17) is 0 Å². The predicted octanol–water partition coefficient (Wildman–Crippen LogP) is 4.37. The summed E-state index contributed by atoms with van der Waals surface area (Å²) in [7, 11) is -4.22. The lowest BCUT2D eigenvalue weighted by molar-refractivity contribution is -0.137. The van der Waals surface area contributed by atoms with Gasteiger partial charge in [-0.3, -0.25) is 4.79 Å². The second-order valence-electron chi connectivity index (χ2n) is 6.89. The lowest BCUT2D eigenvalue weighted by Crippen LogP contribution is -2.45. The Kier molecular flexibility index (Phi) is 6.95. The van der Waals surface area contributed by atoms with Gasteiger partial charge in [0.15, 0.2) is 0 Å². The molecule has 0 bridgehead atoms. The Morgan fingerprint density at radius 2 is 1.56 bits per heavy atom. The maximum atomic E-state index is 13.2. The minimum atomic E-state index is -4.60. The minimum Gasteiger partial charge on any atom is -0.325 e. The van der Waals surface area contributed by atoms with Gasteiger partial charge in [0.05, 0.1) is 10.5 Å². The van der Waals surface area contributed by atoms with Crippen molar-refractivity contribution in [3.05, 3.63) is 95.8 Å². The van der Waals surface area contributed by atoms with Crippen LogP contribution < -0.4 is 10.0 Å². The number of rotatable bonds is 7. The summed E-state index contributed by atoms with van der Waals surface area (Å²) in [5.74, 6) is -1.48. The van der Waals surface area contributed by atoms with Gasteiger partial charge in [0.25, 0.3) is 0 Å². The highest BCUT2D eigenvalue weighted by Gasteiger charge is 2.31. The van der Waals surface area contributed by atoms with Crippen LogP contribution in [0.4, 0.5) is 23.2 Å². The third-order valence-corrected chi connectivity index (χ3v) is 5.97. The van der Waals surface area contributed by atoms with E-state index in [0.29, 0.717) is 5.56 Å². The lowest BCUT2D eigenvalue weighted by Gasteiger charge is -2.19. The number of benzene rings is 3. The number of amides is 1. The third kappa shape index (κ3) is 6.14. The van der Waals surface area contributed by atoms with Crippen LogP contribution in [0, 0.1) is 5.82 Å². The molecular formula is C22H18F4N2O3S. The van der Waals surface area contributed by atoms with Gasteiger partial charge in [0, 0.05) is 5.69 Å². The molecule has 1 atom stereocenters. The van der Waals surface area contributed by atoms with Gasteiger partial charge in [0.2, 0.25) is 15.9 Å². The number of carbonyl (C=O) groups is 1. The average Bonchev–Trinajstić information content (AvgIpc) is 2.74. The van der Waals surface area contributed by atoms with Crippen molar-refractivity contribution in [2.75, 3.05) is 5.32 Å². The first-order chi connectivity index (χ1) is 15.0. The van der Waals surface area contributed by atoms with Gasteiger partial charge in [-0.25, -0.2) is 12.8 Å². The molecule has 0 aliphatic rings. The maximum Gasteiger partial charge on any atom is 0.416 e. The van der Waals surface area contributed by atoms with Crippen LogP contribution in [-0.4, -0.2) is 20.4 Å². The zero-order valence-electron chi connectivity index (χ0n) is 16.4. The number of anilines is 1. The normalized spacial score (nSPS) is 12.9. The van der Waals surface area contributed by atoms with Crippen molar-refractivity contribution in [1.82, 2.24) is 4.72 Å². The van der Waals surface area contributed by atoms with E-state index in [1.165, 1.54) is 6.07 Å². The molecule has 168 valence electrons. The molecule has 0 aliphatic heterocycles. The first kappa shape index (κ1) is 23.4. The second-order valence-corrected chi connectivity index (χ2v) is 8.60. The van der Waals surface area contributed by atoms with Gasteiger partial charge >= 0.3 is 6.18 Å². The van der Waals surface area contributed by atoms with Crippen molar-refractivity contribution in [2.24, 2.45) is 0 Å². The van der Waals surface area contributed by atoms with E-state index in [1.54, 1.807) is 30.3 Å². The Morgan fingerprint density at radius 1 is 0.906 bits per heavy atom. The number of nitrogens with one attached hydrogen (secondary N) is 2. The summed E-state index contributed by atoms with van der Waals surface area (Å²) in [5.41, 5.74) is -0.468. The highest BCUT2D eigenvalue weighted by atomic mass is 32.2. The molecule has 3 aromatic carbocycles. The molecule has 0 saturated carbocycles. The van der Waals surface area contributed by atoms with Gasteiger partial charge in [-0.2, -0.15) is 17.9 Å². The summed E-state index contributed by atoms with van der Waals surface area (Å²) in [6.45, 7) is 0. The topological polar surface area (TPSA) is 75.3 Å². The zero-order valence-corrected chi connectivity index (χ0v) is 17.3. The van der Waals surface area contributed by atoms with Crippen molar-refractivity contribution >= 4 is 21.6 Å². The Labute approximate surface area is 182 Å². The number of halogens is 4. The number of hydrogen-bond acceptors (Lipinski definition) is 3. The highest BCUT2D eigenvalue weighted by Crippen LogP contribution is 2.30. The van der Waals surface area contributed by atoms with Crippen LogP contribution in [0.2, 0.25) is 0 Å². The standard InChI is InChI=1S/C22H18F4N2O3S/c23-17-9-11-19(12-10-17)32(30,31)28-20(13-15-5-2-1-3-6-15)21(29)27-18-8-4-7-16(14-18)22(24,25)26/h1-12,14,20,28H,13H2,(H,27,29)/t20-/m0/s1. The van der Waals surface area contributed by atoms with Crippen molar-refractivity contribution in [2.45, 2.75) is 23.5 Å². The third-order valence-electron chi connectivity index (χ3n) is 4.48. The smallest absolute Gasteiger partial charge is 0.325 e. The molecule has 0 aliphatic carbocycles. The quantitative estimate of drug-likeness (QED) is 0.508. The van der Waals surface area contributed by atoms with Crippen LogP contribution in [-0.2, 0) is 27.4 Å². The molecule has 0 spiro atoms. The maximum absolute atomic E-state index is 13.2. The van der Waals surface area contributed by atoms with Crippen LogP contribution in [0.5, 0.6) is 0 Å². The molecule has 0 fully saturated rings. The summed E-state index contributed by atoms with van der Waals surface area (Å²) < 4.78 is 79.7. The Balaban J connectivity index is 1.87. The summed E-state index contributed by atoms with van der Waals surface area (Å²) in [6.07, 6.45) is -4.67. The lowest BCUT2D eigenvalue weighted by atomic mass is 10.1. The van der Waals surface area contributed by atoms with E-state index in [2.05, 4.69) is 10.0 Å². The average molecular weight is 466 g/mol. The molecule has 5 nitrogen and oxygen atoms in total. The summed E-state index contributed by atoms with van der Waals surface area (Å²) in [4.78, 5) is 12.6. The Bertz CT molecular complexity index is 1180. The van der Waals surface area contributed by atoms with Gasteiger partial charge in [-0.05, 0) is 54.4 Å². The van der Waals surface area contributed by atoms with Crippen LogP contribution >= 0.6 is 0 Å². The molecule has 32 heavy (non-hydrogen) atoms. The van der Waals surface area contributed by atoms with Crippen LogP contribution in [0.25, 0.3) is 0 Å². The van der Waals surface area contributed by atoms with Gasteiger partial charge in [-0.1, -0.05) is 36.4 Å². The SMILES string of the molecule is O=C(Nc1cccc(C(F)(F)F)c1)[C@H](Cc1ccccc1)NS(=O)(=O)c1ccc(F)cc1. The van der Waals surface area contributed by atoms with Crippen LogP contribution in [0.1, 0.15) is 11.1 Å². The predicted molar refractivity (Wildman–Crippen MR) is 111 cm³/mol. The molecule has 0 heterocycles. The van der Waals surface area contributed by atoms with E-state index in [0.717, 1.165) is 42.5 Å². The fourth-order valence-electron chi connectivity index (χ4n) is 2.91. The summed E-state index contributed by atoms with van der Waals surface area (Å²) >= 11 is 0. The van der Waals surface area contributed by atoms with Crippen molar-refractivity contribution in [1.29, 1.82) is 0 Å². The van der Waals surface area contributed by atoms with E-state index < -0.39 is 39.5 Å². The van der Waals surface area contributed by atoms with Gasteiger partial charge in [-0.15, -0.1) is 0 Å². The molecule has 2 N–H and O–H groups in total. The molecule has 0 radical (unpaired) electrons. The van der Waals surface area contributed by atoms with Gasteiger partial charge < -0.3 is 5.32 Å². The van der Waals surface area contributed by atoms with Crippen molar-refractivity contribution < 1.29 is 30.8 Å². The molecule has 3 rings (SSSR count). The summed E-state index contributed by atoms with van der Waals surface area (Å²) in [5, 5.41) is 2.33. The molecule has 1 amide bonds. The van der Waals surface area contributed by atoms with E-state index in [9.17, 15) is 30.8 Å². The molecule has 3 aromatic rings. The van der Waals surface area contributed by atoms with Crippen LogP contribution in [0.15, 0.2) is 83.8 Å². The van der Waals surface area contributed by atoms with Crippen molar-refractivity contribution in [3.63, 3.8) is 0 Å². The van der Waals surface area contributed by atoms with E-state index in [1.807, 2.05) is 0 Å². The number of hydrogen-bond donors (Lipinski definition) is 2. The number of alkyl halides is 3. The Hall–Kier alpha value is -3.24. The van der Waals surface area contributed by atoms with E-state index in [-0.39, 0.29) is 17.0 Å². The Morgan fingerprint density at radius 3 is 2.19 bits per heavy atom. The molecule has 0 saturated heterocycles. The largest absolute Gasteiger partial charge is 0.416 e. The zero-order chi connectivity index (χ0) is 23.4. The van der Waals surface area contributed by atoms with Crippen molar-refractivity contribution in [3.8, 4) is 0 Å². The highest BCUT2D eigenvalue weighted by molar-refractivity contribution is 7.89. The number of carbonyl (C=O) groups excluding carboxylic acids is 1. The fourth-order valence-corrected chi connectivity index (χ4v) is 4.10. The molecule has 0 unspecified atom stereocenters. The minimum absolute atomic E-state index is 0.0634. The summed E-state index contributed by atoms with van der Waals surface area (Å²) in [6, 6.07) is 15.2. The molecule has 10 heteroatoms.